The second-order valence-corrected chi connectivity index (χ2v) is 2.83. The van der Waals surface area contributed by atoms with Gasteiger partial charge in [-0.05, 0) is 0 Å². The highest BCUT2D eigenvalue weighted by Crippen LogP contribution is 2.36. The summed E-state index contributed by atoms with van der Waals surface area (Å²) in [6.07, 6.45) is -2.99. The molecule has 1 rings (SSSR count). The minimum absolute atomic E-state index is 0.377. The van der Waals surface area contributed by atoms with Crippen molar-refractivity contribution in [1.82, 2.24) is 4.98 Å². The van der Waals surface area contributed by atoms with Crippen LogP contribution < -0.4 is 4.74 Å². The maximum absolute atomic E-state index is 12.4. The third kappa shape index (κ3) is 2.30. The maximum Gasteiger partial charge on any atom is 0.316 e. The molecule has 82 valence electrons. The zero-order valence-corrected chi connectivity index (χ0v) is 8.16. The first-order valence-electron chi connectivity index (χ1n) is 3.64. The number of hydrogen-bond acceptors (Lipinski definition) is 4. The lowest BCUT2D eigenvalue weighted by Gasteiger charge is -2.07. The van der Waals surface area contributed by atoms with E-state index in [2.05, 4.69) is 9.72 Å². The molecule has 0 saturated carbocycles. The van der Waals surface area contributed by atoms with Crippen molar-refractivity contribution in [2.24, 2.45) is 0 Å². The van der Waals surface area contributed by atoms with E-state index in [-0.39, 0.29) is 5.15 Å². The normalized spacial score (nSPS) is 10.5. The Morgan fingerprint density at radius 1 is 1.67 bits per heavy atom. The Morgan fingerprint density at radius 2 is 2.27 bits per heavy atom. The molecule has 0 spiro atoms. The predicted octanol–water partition coefficient (Wildman–Crippen LogP) is 2.59. The van der Waals surface area contributed by atoms with Crippen molar-refractivity contribution < 1.29 is 18.4 Å². The van der Waals surface area contributed by atoms with Gasteiger partial charge in [0.2, 0.25) is 5.75 Å². The maximum atomic E-state index is 12.4. The SMILES string of the molecule is COc1c([N+](=O)[O-])cc(Cl)nc1C(F)F. The Labute approximate surface area is 87.8 Å². The third-order valence-electron chi connectivity index (χ3n) is 1.56. The Morgan fingerprint density at radius 3 is 2.67 bits per heavy atom. The molecule has 0 saturated heterocycles. The number of halogens is 3. The van der Waals surface area contributed by atoms with Crippen LogP contribution in [0.5, 0.6) is 5.75 Å². The number of ether oxygens (including phenoxy) is 1. The van der Waals surface area contributed by atoms with Crippen molar-refractivity contribution in [3.8, 4) is 5.75 Å². The van der Waals surface area contributed by atoms with Gasteiger partial charge in [0.25, 0.3) is 6.43 Å². The molecule has 0 aliphatic carbocycles. The molecule has 0 bridgehead atoms. The zero-order chi connectivity index (χ0) is 11.6. The van der Waals surface area contributed by atoms with Crippen LogP contribution in [0, 0.1) is 10.1 Å². The number of methoxy groups -OCH3 is 1. The Hall–Kier alpha value is -1.50. The quantitative estimate of drug-likeness (QED) is 0.461. The van der Waals surface area contributed by atoms with E-state index in [0.29, 0.717) is 0 Å². The van der Waals surface area contributed by atoms with Gasteiger partial charge in [-0.15, -0.1) is 0 Å². The smallest absolute Gasteiger partial charge is 0.316 e. The Bertz CT molecular complexity index is 400. The van der Waals surface area contributed by atoms with Gasteiger partial charge in [0.1, 0.15) is 5.15 Å². The summed E-state index contributed by atoms with van der Waals surface area (Å²) in [4.78, 5) is 12.9. The Balaban J connectivity index is 3.45. The van der Waals surface area contributed by atoms with Crippen molar-refractivity contribution in [2.45, 2.75) is 6.43 Å². The van der Waals surface area contributed by atoms with E-state index in [1.54, 1.807) is 0 Å². The van der Waals surface area contributed by atoms with Gasteiger partial charge in [-0.25, -0.2) is 13.8 Å². The molecule has 0 fully saturated rings. The van der Waals surface area contributed by atoms with Gasteiger partial charge in [0, 0.05) is 0 Å². The fourth-order valence-electron chi connectivity index (χ4n) is 1.00. The summed E-state index contributed by atoms with van der Waals surface area (Å²) in [7, 11) is 1.05. The van der Waals surface area contributed by atoms with Crippen LogP contribution in [0.15, 0.2) is 6.07 Å². The van der Waals surface area contributed by atoms with Crippen LogP contribution in [0.2, 0.25) is 5.15 Å². The lowest BCUT2D eigenvalue weighted by atomic mass is 10.3. The largest absolute Gasteiger partial charge is 0.489 e. The molecular formula is C7H5ClF2N2O3. The van der Waals surface area contributed by atoms with E-state index in [1.165, 1.54) is 0 Å². The van der Waals surface area contributed by atoms with Gasteiger partial charge in [-0.3, -0.25) is 10.1 Å². The van der Waals surface area contributed by atoms with Crippen LogP contribution in [-0.4, -0.2) is 17.0 Å². The summed E-state index contributed by atoms with van der Waals surface area (Å²) < 4.78 is 29.3. The summed E-state index contributed by atoms with van der Waals surface area (Å²) in [5.41, 5.74) is -1.47. The third-order valence-corrected chi connectivity index (χ3v) is 1.75. The first-order valence-corrected chi connectivity index (χ1v) is 4.02. The molecule has 1 heterocycles. The van der Waals surface area contributed by atoms with Gasteiger partial charge in [0.15, 0.2) is 5.69 Å². The number of rotatable bonds is 3. The van der Waals surface area contributed by atoms with Gasteiger partial charge < -0.3 is 4.74 Å². The summed E-state index contributed by atoms with van der Waals surface area (Å²) in [5, 5.41) is 10.1. The van der Waals surface area contributed by atoms with E-state index < -0.39 is 28.5 Å². The molecule has 0 atom stereocenters. The van der Waals surface area contributed by atoms with Gasteiger partial charge in [-0.1, -0.05) is 11.6 Å². The minimum Gasteiger partial charge on any atom is -0.489 e. The topological polar surface area (TPSA) is 65.3 Å². The number of hydrogen-bond donors (Lipinski definition) is 0. The lowest BCUT2D eigenvalue weighted by molar-refractivity contribution is -0.386. The molecule has 15 heavy (non-hydrogen) atoms. The van der Waals surface area contributed by atoms with Crippen LogP contribution in [0.1, 0.15) is 12.1 Å². The average molecular weight is 239 g/mol. The second-order valence-electron chi connectivity index (χ2n) is 2.44. The van der Waals surface area contributed by atoms with Crippen molar-refractivity contribution >= 4 is 17.3 Å². The van der Waals surface area contributed by atoms with E-state index in [4.69, 9.17) is 11.6 Å². The van der Waals surface area contributed by atoms with E-state index in [9.17, 15) is 18.9 Å². The first-order chi connectivity index (χ1) is 6.97. The van der Waals surface area contributed by atoms with Crippen molar-refractivity contribution in [3.63, 3.8) is 0 Å². The van der Waals surface area contributed by atoms with Crippen LogP contribution >= 0.6 is 11.6 Å². The first kappa shape index (κ1) is 11.6. The number of pyridine rings is 1. The molecule has 0 unspecified atom stereocenters. The monoisotopic (exact) mass is 238 g/mol. The summed E-state index contributed by atoms with van der Waals surface area (Å²) in [6, 6.07) is 0.853. The highest BCUT2D eigenvalue weighted by atomic mass is 35.5. The molecule has 0 aliphatic heterocycles. The molecule has 0 radical (unpaired) electrons. The van der Waals surface area contributed by atoms with Crippen LogP contribution in [0.25, 0.3) is 0 Å². The fraction of sp³-hybridized carbons (Fsp3) is 0.286. The number of aromatic nitrogens is 1. The summed E-state index contributed by atoms with van der Waals surface area (Å²) in [5.74, 6) is -0.570. The van der Waals surface area contributed by atoms with E-state index in [1.807, 2.05) is 0 Å². The molecule has 1 aromatic heterocycles. The van der Waals surface area contributed by atoms with Crippen molar-refractivity contribution in [3.05, 3.63) is 27.0 Å². The standard InChI is InChI=1S/C7H5ClF2N2O3/c1-15-6-3(12(13)14)2-4(8)11-5(6)7(9)10/h2,7H,1H3. The lowest BCUT2D eigenvalue weighted by Crippen LogP contribution is -2.01. The fourth-order valence-corrected chi connectivity index (χ4v) is 1.19. The molecule has 8 heteroatoms. The van der Waals surface area contributed by atoms with Crippen LogP contribution in [0.3, 0.4) is 0 Å². The van der Waals surface area contributed by atoms with Crippen molar-refractivity contribution in [1.29, 1.82) is 0 Å². The van der Waals surface area contributed by atoms with Gasteiger partial charge in [-0.2, -0.15) is 0 Å². The van der Waals surface area contributed by atoms with Gasteiger partial charge >= 0.3 is 5.69 Å². The molecule has 0 aliphatic rings. The number of nitro groups is 1. The number of nitrogens with zero attached hydrogens (tertiary/aromatic N) is 2. The molecule has 0 amide bonds. The van der Waals surface area contributed by atoms with E-state index in [0.717, 1.165) is 13.2 Å². The molecule has 0 aromatic carbocycles. The van der Waals surface area contributed by atoms with Crippen molar-refractivity contribution in [2.75, 3.05) is 7.11 Å². The minimum atomic E-state index is -2.99. The predicted molar refractivity (Wildman–Crippen MR) is 47.4 cm³/mol. The highest BCUT2D eigenvalue weighted by molar-refractivity contribution is 6.29. The Kier molecular flexibility index (Phi) is 3.35. The molecule has 1 aromatic rings. The molecular weight excluding hydrogens is 234 g/mol. The highest BCUT2D eigenvalue weighted by Gasteiger charge is 2.26. The van der Waals surface area contributed by atoms with E-state index >= 15 is 0 Å². The van der Waals surface area contributed by atoms with Crippen LogP contribution in [0.4, 0.5) is 14.5 Å². The van der Waals surface area contributed by atoms with Gasteiger partial charge in [0.05, 0.1) is 18.1 Å². The second kappa shape index (κ2) is 4.35. The summed E-state index contributed by atoms with van der Waals surface area (Å²) >= 11 is 5.36. The average Bonchev–Trinajstić information content (AvgIpc) is 2.16. The zero-order valence-electron chi connectivity index (χ0n) is 7.41. The molecule has 0 N–H and O–H groups in total. The van der Waals surface area contributed by atoms with Crippen LogP contribution in [-0.2, 0) is 0 Å². The summed E-state index contributed by atoms with van der Waals surface area (Å²) in [6.45, 7) is 0. The molecule has 5 nitrogen and oxygen atoms in total. The number of alkyl halides is 2.